The predicted molar refractivity (Wildman–Crippen MR) is 90.2 cm³/mol. The van der Waals surface area contributed by atoms with Crippen LogP contribution in [-0.4, -0.2) is 20.2 Å². The highest BCUT2D eigenvalue weighted by atomic mass is 35.5. The second-order valence-corrected chi connectivity index (χ2v) is 5.23. The summed E-state index contributed by atoms with van der Waals surface area (Å²) in [5, 5.41) is 12.1. The van der Waals surface area contributed by atoms with Gasteiger partial charge >= 0.3 is 0 Å². The van der Waals surface area contributed by atoms with Crippen molar-refractivity contribution in [3.8, 4) is 17.2 Å². The first-order chi connectivity index (χ1) is 10.3. The molecule has 3 nitrogen and oxygen atoms in total. The highest BCUT2D eigenvalue weighted by Gasteiger charge is 2.22. The van der Waals surface area contributed by atoms with Crippen molar-refractivity contribution < 1.29 is 4.74 Å². The lowest BCUT2D eigenvalue weighted by Crippen LogP contribution is -2.25. The van der Waals surface area contributed by atoms with E-state index in [-0.39, 0.29) is 18.5 Å². The molecule has 22 heavy (non-hydrogen) atoms. The lowest BCUT2D eigenvalue weighted by molar-refractivity contribution is 0.0440. The van der Waals surface area contributed by atoms with E-state index in [2.05, 4.69) is 29.6 Å². The van der Waals surface area contributed by atoms with Crippen LogP contribution in [0.25, 0.3) is 11.1 Å². The van der Waals surface area contributed by atoms with Crippen LogP contribution in [0.2, 0.25) is 0 Å². The minimum absolute atomic E-state index is 0. The SMILES string of the molecule is CNC[C@H]1OCCc2c(-c3ccc(C#N)cc3)cccc21.Cl. The molecule has 0 fully saturated rings. The van der Waals surface area contributed by atoms with E-state index in [1.54, 1.807) is 0 Å². The summed E-state index contributed by atoms with van der Waals surface area (Å²) in [7, 11) is 1.95. The maximum atomic E-state index is 8.91. The fourth-order valence-electron chi connectivity index (χ4n) is 2.93. The van der Waals surface area contributed by atoms with Gasteiger partial charge in [0, 0.05) is 6.54 Å². The molecule has 2 aromatic carbocycles. The standard InChI is InChI=1S/C18H18N2O.ClH/c1-20-12-18-17-4-2-3-15(16(17)9-10-21-18)14-7-5-13(11-19)6-8-14;/h2-8,18,20H,9-10,12H2,1H3;1H/t18-;/m1./s1. The molecule has 0 saturated carbocycles. The minimum atomic E-state index is 0. The van der Waals surface area contributed by atoms with Gasteiger partial charge in [-0.3, -0.25) is 0 Å². The molecule has 0 aliphatic carbocycles. The molecule has 1 aliphatic heterocycles. The normalized spacial score (nSPS) is 16.3. The average molecular weight is 315 g/mol. The summed E-state index contributed by atoms with van der Waals surface area (Å²) in [5.41, 5.74) is 5.75. The number of rotatable bonds is 3. The minimum Gasteiger partial charge on any atom is -0.372 e. The maximum Gasteiger partial charge on any atom is 0.0991 e. The van der Waals surface area contributed by atoms with Crippen molar-refractivity contribution in [3.63, 3.8) is 0 Å². The number of hydrogen-bond donors (Lipinski definition) is 1. The molecule has 114 valence electrons. The van der Waals surface area contributed by atoms with Crippen LogP contribution in [0.4, 0.5) is 0 Å². The Morgan fingerprint density at radius 3 is 2.68 bits per heavy atom. The van der Waals surface area contributed by atoms with Crippen molar-refractivity contribution in [1.82, 2.24) is 5.32 Å². The van der Waals surface area contributed by atoms with Gasteiger partial charge in [-0.15, -0.1) is 12.4 Å². The molecule has 1 aliphatic rings. The Labute approximate surface area is 137 Å². The smallest absolute Gasteiger partial charge is 0.0991 e. The fraction of sp³-hybridized carbons (Fsp3) is 0.278. The van der Waals surface area contributed by atoms with E-state index in [1.807, 2.05) is 31.3 Å². The monoisotopic (exact) mass is 314 g/mol. The van der Waals surface area contributed by atoms with Crippen LogP contribution in [0.5, 0.6) is 0 Å². The van der Waals surface area contributed by atoms with Crippen LogP contribution in [0.15, 0.2) is 42.5 Å². The molecule has 0 amide bonds. The number of likely N-dealkylation sites (N-methyl/N-ethyl adjacent to an activating group) is 1. The number of benzene rings is 2. The number of fused-ring (bicyclic) bond motifs is 1. The van der Waals surface area contributed by atoms with Gasteiger partial charge in [0.25, 0.3) is 0 Å². The van der Waals surface area contributed by atoms with E-state index in [9.17, 15) is 0 Å². The molecular weight excluding hydrogens is 296 g/mol. The lowest BCUT2D eigenvalue weighted by atomic mass is 9.89. The van der Waals surface area contributed by atoms with E-state index in [0.717, 1.165) is 25.1 Å². The Balaban J connectivity index is 0.00000176. The maximum absolute atomic E-state index is 8.91. The Bertz CT molecular complexity index is 676. The van der Waals surface area contributed by atoms with Crippen molar-refractivity contribution in [2.75, 3.05) is 20.2 Å². The third-order valence-electron chi connectivity index (χ3n) is 3.94. The Morgan fingerprint density at radius 2 is 2.00 bits per heavy atom. The third-order valence-corrected chi connectivity index (χ3v) is 3.94. The first-order valence-corrected chi connectivity index (χ1v) is 7.22. The summed E-state index contributed by atoms with van der Waals surface area (Å²) in [6.07, 6.45) is 1.06. The average Bonchev–Trinajstić information content (AvgIpc) is 2.55. The highest BCUT2D eigenvalue weighted by Crippen LogP contribution is 2.34. The molecular formula is C18H19ClN2O. The van der Waals surface area contributed by atoms with Crippen LogP contribution >= 0.6 is 12.4 Å². The van der Waals surface area contributed by atoms with E-state index >= 15 is 0 Å². The predicted octanol–water partition coefficient (Wildman–Crippen LogP) is 3.48. The summed E-state index contributed by atoms with van der Waals surface area (Å²) in [4.78, 5) is 0. The van der Waals surface area contributed by atoms with Crippen molar-refractivity contribution in [1.29, 1.82) is 5.26 Å². The molecule has 1 heterocycles. The summed E-state index contributed by atoms with van der Waals surface area (Å²) in [6.45, 7) is 1.58. The number of hydrogen-bond acceptors (Lipinski definition) is 3. The second kappa shape index (κ2) is 7.42. The van der Waals surface area contributed by atoms with Crippen LogP contribution in [0, 0.1) is 11.3 Å². The first kappa shape index (κ1) is 16.5. The molecule has 0 spiro atoms. The number of nitrogens with zero attached hydrogens (tertiary/aromatic N) is 1. The lowest BCUT2D eigenvalue weighted by Gasteiger charge is -2.28. The van der Waals surface area contributed by atoms with Crippen molar-refractivity contribution in [3.05, 3.63) is 59.2 Å². The summed E-state index contributed by atoms with van der Waals surface area (Å²) >= 11 is 0. The summed E-state index contributed by atoms with van der Waals surface area (Å²) in [5.74, 6) is 0. The molecule has 1 atom stereocenters. The topological polar surface area (TPSA) is 45.0 Å². The number of nitrogens with one attached hydrogen (secondary N) is 1. The summed E-state index contributed by atoms with van der Waals surface area (Å²) < 4.78 is 5.87. The quantitative estimate of drug-likeness (QED) is 0.943. The zero-order valence-corrected chi connectivity index (χ0v) is 13.3. The molecule has 2 aromatic rings. The first-order valence-electron chi connectivity index (χ1n) is 7.22. The number of halogens is 1. The van der Waals surface area contributed by atoms with Gasteiger partial charge in [0.05, 0.1) is 24.3 Å². The highest BCUT2D eigenvalue weighted by molar-refractivity contribution is 5.85. The Kier molecular flexibility index (Phi) is 5.57. The van der Waals surface area contributed by atoms with E-state index < -0.39 is 0 Å². The molecule has 3 rings (SSSR count). The molecule has 4 heteroatoms. The van der Waals surface area contributed by atoms with Crippen molar-refractivity contribution in [2.24, 2.45) is 0 Å². The number of nitriles is 1. The van der Waals surface area contributed by atoms with Gasteiger partial charge in [-0.1, -0.05) is 30.3 Å². The molecule has 0 saturated heterocycles. The summed E-state index contributed by atoms with van der Waals surface area (Å²) in [6, 6.07) is 16.4. The van der Waals surface area contributed by atoms with Crippen molar-refractivity contribution in [2.45, 2.75) is 12.5 Å². The van der Waals surface area contributed by atoms with Gasteiger partial charge in [-0.25, -0.2) is 0 Å². The van der Waals surface area contributed by atoms with Gasteiger partial charge < -0.3 is 10.1 Å². The molecule has 1 N–H and O–H groups in total. The van der Waals surface area contributed by atoms with Gasteiger partial charge in [0.1, 0.15) is 0 Å². The van der Waals surface area contributed by atoms with Gasteiger partial charge in [0.2, 0.25) is 0 Å². The van der Waals surface area contributed by atoms with E-state index in [0.29, 0.717) is 5.56 Å². The van der Waals surface area contributed by atoms with Crippen LogP contribution in [-0.2, 0) is 11.2 Å². The van der Waals surface area contributed by atoms with Crippen LogP contribution in [0.1, 0.15) is 22.8 Å². The van der Waals surface area contributed by atoms with E-state index in [1.165, 1.54) is 16.7 Å². The van der Waals surface area contributed by atoms with Crippen molar-refractivity contribution >= 4 is 12.4 Å². The van der Waals surface area contributed by atoms with Crippen LogP contribution in [0.3, 0.4) is 0 Å². The largest absolute Gasteiger partial charge is 0.372 e. The van der Waals surface area contributed by atoms with Gasteiger partial charge in [-0.2, -0.15) is 5.26 Å². The second-order valence-electron chi connectivity index (χ2n) is 5.23. The van der Waals surface area contributed by atoms with Crippen LogP contribution < -0.4 is 5.32 Å². The number of ether oxygens (including phenoxy) is 1. The molecule has 0 unspecified atom stereocenters. The molecule has 0 aromatic heterocycles. The molecule has 0 radical (unpaired) electrons. The fourth-order valence-corrected chi connectivity index (χ4v) is 2.93. The zero-order valence-electron chi connectivity index (χ0n) is 12.5. The molecule has 0 bridgehead atoms. The third kappa shape index (κ3) is 3.15. The Morgan fingerprint density at radius 1 is 1.23 bits per heavy atom. The zero-order chi connectivity index (χ0) is 14.7. The van der Waals surface area contributed by atoms with Gasteiger partial charge in [-0.05, 0) is 47.9 Å². The van der Waals surface area contributed by atoms with E-state index in [4.69, 9.17) is 10.00 Å². The Hall–Kier alpha value is -1.86. The van der Waals surface area contributed by atoms with Gasteiger partial charge in [0.15, 0.2) is 0 Å².